The Kier molecular flexibility index (Phi) is 5.65. The van der Waals surface area contributed by atoms with Gasteiger partial charge in [-0.3, -0.25) is 9.80 Å². The number of fused-ring (bicyclic) bond motifs is 1. The minimum Gasteiger partial charge on any atom is -0.337 e. The fourth-order valence-electron chi connectivity index (χ4n) is 3.48. The molecule has 1 aromatic rings. The van der Waals surface area contributed by atoms with Gasteiger partial charge in [-0.25, -0.2) is 13.2 Å². The second kappa shape index (κ2) is 7.73. The van der Waals surface area contributed by atoms with Crippen LogP contribution in [0.5, 0.6) is 0 Å². The number of halogens is 6. The number of piperazine rings is 1. The van der Waals surface area contributed by atoms with E-state index >= 15 is 0 Å². The molecular weight excluding hydrogens is 404 g/mol. The van der Waals surface area contributed by atoms with E-state index in [0.29, 0.717) is 12.1 Å². The van der Waals surface area contributed by atoms with Crippen molar-refractivity contribution >= 4 is 11.7 Å². The zero-order valence-electron chi connectivity index (χ0n) is 15.4. The molecule has 6 nitrogen and oxygen atoms in total. The van der Waals surface area contributed by atoms with Gasteiger partial charge in [0.15, 0.2) is 11.6 Å². The normalized spacial score (nSPS) is 20.6. The predicted molar refractivity (Wildman–Crippen MR) is 90.9 cm³/mol. The molecule has 3 rings (SSSR count). The molecule has 2 heterocycles. The van der Waals surface area contributed by atoms with Crippen LogP contribution >= 0.6 is 0 Å². The minimum absolute atomic E-state index is 0.00926. The maximum absolute atomic E-state index is 13.7. The smallest absolute Gasteiger partial charge is 0.337 e. The lowest BCUT2D eigenvalue weighted by Gasteiger charge is -2.40. The van der Waals surface area contributed by atoms with E-state index in [1.165, 1.54) is 11.9 Å². The predicted octanol–water partition coefficient (Wildman–Crippen LogP) is 1.66. The summed E-state index contributed by atoms with van der Waals surface area (Å²) >= 11 is 0. The van der Waals surface area contributed by atoms with Crippen LogP contribution in [0.1, 0.15) is 12.0 Å². The molecule has 0 aromatic heterocycles. The SMILES string of the molecule is CN1N=C(C(F)(F)F)N2CCN(C(=O)CC(N)Cc3cc(F)c(F)cc3F)CC12. The third-order valence-electron chi connectivity index (χ3n) is 4.92. The van der Waals surface area contributed by atoms with Crippen molar-refractivity contribution in [2.45, 2.75) is 31.2 Å². The van der Waals surface area contributed by atoms with Crippen LogP contribution in [0.25, 0.3) is 0 Å². The van der Waals surface area contributed by atoms with Gasteiger partial charge in [-0.05, 0) is 18.1 Å². The van der Waals surface area contributed by atoms with E-state index in [1.807, 2.05) is 0 Å². The number of amidine groups is 1. The Labute approximate surface area is 162 Å². The number of hydrazone groups is 1. The Bertz CT molecular complexity index is 829. The van der Waals surface area contributed by atoms with E-state index < -0.39 is 47.6 Å². The van der Waals surface area contributed by atoms with Gasteiger partial charge < -0.3 is 15.5 Å². The van der Waals surface area contributed by atoms with Crippen LogP contribution < -0.4 is 5.73 Å². The first-order chi connectivity index (χ1) is 13.5. The molecule has 160 valence electrons. The van der Waals surface area contributed by atoms with Gasteiger partial charge in [0.05, 0.1) is 6.54 Å². The van der Waals surface area contributed by atoms with Crippen molar-refractivity contribution in [3.8, 4) is 0 Å². The standard InChI is InChI=1S/C17H19F6N5O/c1-26-14-8-27(2-3-28(14)16(25-26)17(21,22)23)15(29)6-10(24)4-9-5-12(19)13(20)7-11(9)18/h5,7,10,14H,2-4,6,8,24H2,1H3. The number of nitrogens with two attached hydrogens (primary N) is 1. The minimum atomic E-state index is -4.59. The third kappa shape index (κ3) is 4.41. The Hall–Kier alpha value is -2.50. The molecule has 1 amide bonds. The Balaban J connectivity index is 1.59. The molecule has 0 saturated carbocycles. The lowest BCUT2D eigenvalue weighted by atomic mass is 10.0. The molecule has 2 atom stereocenters. The van der Waals surface area contributed by atoms with Crippen LogP contribution in [-0.2, 0) is 11.2 Å². The highest BCUT2D eigenvalue weighted by Gasteiger charge is 2.49. The van der Waals surface area contributed by atoms with E-state index in [-0.39, 0.29) is 38.0 Å². The van der Waals surface area contributed by atoms with Crippen molar-refractivity contribution in [3.05, 3.63) is 35.1 Å². The summed E-state index contributed by atoms with van der Waals surface area (Å²) in [6.07, 6.45) is -5.75. The van der Waals surface area contributed by atoms with Crippen molar-refractivity contribution < 1.29 is 31.1 Å². The van der Waals surface area contributed by atoms with Gasteiger partial charge in [0.1, 0.15) is 12.0 Å². The van der Waals surface area contributed by atoms with Gasteiger partial charge in [0.2, 0.25) is 11.7 Å². The van der Waals surface area contributed by atoms with E-state index in [9.17, 15) is 31.1 Å². The average molecular weight is 423 g/mol. The highest BCUT2D eigenvalue weighted by molar-refractivity contribution is 5.89. The number of carbonyl (C=O) groups is 1. The van der Waals surface area contributed by atoms with Gasteiger partial charge in [-0.15, -0.1) is 0 Å². The van der Waals surface area contributed by atoms with Crippen LogP contribution in [0, 0.1) is 17.5 Å². The molecule has 1 aromatic carbocycles. The third-order valence-corrected chi connectivity index (χ3v) is 4.92. The van der Waals surface area contributed by atoms with Crippen molar-refractivity contribution in [1.29, 1.82) is 0 Å². The van der Waals surface area contributed by atoms with Gasteiger partial charge in [0, 0.05) is 38.7 Å². The number of nitrogens with zero attached hydrogens (tertiary/aromatic N) is 4. The maximum atomic E-state index is 13.7. The molecule has 0 bridgehead atoms. The molecular formula is C17H19F6N5O. The van der Waals surface area contributed by atoms with E-state index in [4.69, 9.17) is 5.73 Å². The van der Waals surface area contributed by atoms with Crippen molar-refractivity contribution in [3.63, 3.8) is 0 Å². The number of rotatable bonds is 4. The first-order valence-electron chi connectivity index (χ1n) is 8.79. The average Bonchev–Trinajstić information content (AvgIpc) is 2.96. The molecule has 1 fully saturated rings. The Morgan fingerprint density at radius 1 is 1.21 bits per heavy atom. The summed E-state index contributed by atoms with van der Waals surface area (Å²) in [7, 11) is 1.39. The molecule has 2 aliphatic heterocycles. The molecule has 1 saturated heterocycles. The second-order valence-electron chi connectivity index (χ2n) is 7.03. The largest absolute Gasteiger partial charge is 0.451 e. The zero-order chi connectivity index (χ0) is 21.5. The number of hydrogen-bond donors (Lipinski definition) is 1. The fraction of sp³-hybridized carbons (Fsp3) is 0.529. The van der Waals surface area contributed by atoms with E-state index in [2.05, 4.69) is 5.10 Å². The Morgan fingerprint density at radius 3 is 2.52 bits per heavy atom. The highest BCUT2D eigenvalue weighted by atomic mass is 19.4. The summed E-state index contributed by atoms with van der Waals surface area (Å²) in [5.41, 5.74) is 5.70. The summed E-state index contributed by atoms with van der Waals surface area (Å²) in [5, 5.41) is 4.67. The number of hydrogen-bond acceptors (Lipinski definition) is 5. The topological polar surface area (TPSA) is 65.2 Å². The Morgan fingerprint density at radius 2 is 1.86 bits per heavy atom. The summed E-state index contributed by atoms with van der Waals surface area (Å²) in [6, 6.07) is 0.229. The van der Waals surface area contributed by atoms with Gasteiger partial charge in [-0.2, -0.15) is 18.3 Å². The first-order valence-corrected chi connectivity index (χ1v) is 8.79. The van der Waals surface area contributed by atoms with Crippen molar-refractivity contribution in [1.82, 2.24) is 14.8 Å². The highest BCUT2D eigenvalue weighted by Crippen LogP contribution is 2.29. The van der Waals surface area contributed by atoms with Crippen LogP contribution in [0.3, 0.4) is 0 Å². The molecule has 0 spiro atoms. The van der Waals surface area contributed by atoms with E-state index in [1.54, 1.807) is 0 Å². The van der Waals surface area contributed by atoms with Gasteiger partial charge in [-0.1, -0.05) is 0 Å². The van der Waals surface area contributed by atoms with Crippen molar-refractivity contribution in [2.75, 3.05) is 26.7 Å². The fourth-order valence-corrected chi connectivity index (χ4v) is 3.48. The molecule has 29 heavy (non-hydrogen) atoms. The molecule has 2 aliphatic rings. The lowest BCUT2D eigenvalue weighted by Crippen LogP contribution is -2.59. The first kappa shape index (κ1) is 21.2. The lowest BCUT2D eigenvalue weighted by molar-refractivity contribution is -0.135. The molecule has 12 heteroatoms. The summed E-state index contributed by atoms with van der Waals surface area (Å²) in [4.78, 5) is 15.0. The molecule has 0 aliphatic carbocycles. The second-order valence-corrected chi connectivity index (χ2v) is 7.03. The summed E-state index contributed by atoms with van der Waals surface area (Å²) in [6.45, 7) is -0.0126. The molecule has 2 unspecified atom stereocenters. The monoisotopic (exact) mass is 423 g/mol. The summed E-state index contributed by atoms with van der Waals surface area (Å²) in [5.74, 6) is -4.93. The van der Waals surface area contributed by atoms with Crippen molar-refractivity contribution in [2.24, 2.45) is 10.8 Å². The quantitative estimate of drug-likeness (QED) is 0.591. The van der Waals surface area contributed by atoms with E-state index in [0.717, 1.165) is 9.91 Å². The van der Waals surface area contributed by atoms with Crippen LogP contribution in [-0.4, -0.2) is 71.6 Å². The zero-order valence-corrected chi connectivity index (χ0v) is 15.4. The van der Waals surface area contributed by atoms with Crippen LogP contribution in [0.4, 0.5) is 26.3 Å². The number of amides is 1. The van der Waals surface area contributed by atoms with Gasteiger partial charge in [0.25, 0.3) is 0 Å². The molecule has 0 radical (unpaired) electrons. The number of carbonyl (C=O) groups excluding carboxylic acids is 1. The number of likely N-dealkylation sites (N-methyl/N-ethyl adjacent to an activating group) is 1. The number of alkyl halides is 3. The maximum Gasteiger partial charge on any atom is 0.451 e. The molecule has 2 N–H and O–H groups in total. The summed E-state index contributed by atoms with van der Waals surface area (Å²) < 4.78 is 79.2. The van der Waals surface area contributed by atoms with Crippen LogP contribution in [0.2, 0.25) is 0 Å². The van der Waals surface area contributed by atoms with Crippen LogP contribution in [0.15, 0.2) is 17.2 Å². The van der Waals surface area contributed by atoms with Gasteiger partial charge >= 0.3 is 6.18 Å². The number of benzene rings is 1.